The van der Waals surface area contributed by atoms with Crippen LogP contribution in [0.4, 0.5) is 0 Å². The molecule has 0 atom stereocenters. The Hall–Kier alpha value is -2.71. The van der Waals surface area contributed by atoms with Gasteiger partial charge in [0.15, 0.2) is 5.69 Å². The molecule has 0 unspecified atom stereocenters. The quantitative estimate of drug-likeness (QED) is 0.599. The third kappa shape index (κ3) is 4.24. The summed E-state index contributed by atoms with van der Waals surface area (Å²) in [6.45, 7) is 9.71. The average molecular weight is 412 g/mol. The Kier molecular flexibility index (Phi) is 6.15. The van der Waals surface area contributed by atoms with Crippen LogP contribution in [0.2, 0.25) is 0 Å². The van der Waals surface area contributed by atoms with Gasteiger partial charge in [0.1, 0.15) is 5.52 Å². The molecule has 4 rings (SSSR count). The molecule has 1 N–H and O–H groups in total. The van der Waals surface area contributed by atoms with Gasteiger partial charge in [0, 0.05) is 32.2 Å². The lowest BCUT2D eigenvalue weighted by Gasteiger charge is -2.26. The Balaban J connectivity index is 1.53. The van der Waals surface area contributed by atoms with Crippen molar-refractivity contribution in [1.29, 1.82) is 0 Å². The molecule has 1 fully saturated rings. The van der Waals surface area contributed by atoms with Crippen molar-refractivity contribution in [2.45, 2.75) is 26.8 Å². The molecule has 2 aromatic heterocycles. The van der Waals surface area contributed by atoms with Crippen LogP contribution >= 0.6 is 0 Å². The predicted octanol–water partition coefficient (Wildman–Crippen LogP) is 1.76. The zero-order valence-electron chi connectivity index (χ0n) is 17.6. The molecule has 1 saturated heterocycles. The van der Waals surface area contributed by atoms with Gasteiger partial charge in [-0.25, -0.2) is 4.52 Å². The van der Waals surface area contributed by atoms with Gasteiger partial charge in [-0.1, -0.05) is 26.0 Å². The number of nitrogens with one attached hydrogen (secondary N) is 1. The highest BCUT2D eigenvalue weighted by Gasteiger charge is 2.17. The number of morpholine rings is 1. The van der Waals surface area contributed by atoms with E-state index in [0.29, 0.717) is 24.5 Å². The molecular formula is C22H29N5O3. The molecule has 0 spiro atoms. The van der Waals surface area contributed by atoms with Gasteiger partial charge in [0.05, 0.1) is 24.2 Å². The third-order valence-electron chi connectivity index (χ3n) is 5.40. The van der Waals surface area contributed by atoms with Gasteiger partial charge in [0.2, 0.25) is 0 Å². The van der Waals surface area contributed by atoms with Crippen LogP contribution in [-0.2, 0) is 11.3 Å². The number of carbonyl (C=O) groups excluding carboxylic acids is 1. The topological polar surface area (TPSA) is 80.9 Å². The van der Waals surface area contributed by atoms with Crippen LogP contribution < -0.4 is 10.9 Å². The number of ether oxygens (including phenoxy) is 1. The highest BCUT2D eigenvalue weighted by atomic mass is 16.5. The van der Waals surface area contributed by atoms with E-state index in [2.05, 4.69) is 29.2 Å². The Morgan fingerprint density at radius 1 is 1.17 bits per heavy atom. The minimum atomic E-state index is -0.250. The lowest BCUT2D eigenvalue weighted by Crippen LogP contribution is -2.38. The summed E-state index contributed by atoms with van der Waals surface area (Å²) >= 11 is 0. The van der Waals surface area contributed by atoms with Crippen LogP contribution in [0.1, 0.15) is 30.8 Å². The van der Waals surface area contributed by atoms with Crippen molar-refractivity contribution < 1.29 is 9.53 Å². The summed E-state index contributed by atoms with van der Waals surface area (Å²) in [6, 6.07) is 9.28. The lowest BCUT2D eigenvalue weighted by molar-refractivity contribution is 0.0374. The first-order valence-electron chi connectivity index (χ1n) is 10.6. The summed E-state index contributed by atoms with van der Waals surface area (Å²) in [5.74, 6) is 0.0743. The number of rotatable bonds is 7. The van der Waals surface area contributed by atoms with E-state index in [9.17, 15) is 9.59 Å². The molecule has 1 aromatic carbocycles. The predicted molar refractivity (Wildman–Crippen MR) is 116 cm³/mol. The van der Waals surface area contributed by atoms with Crippen LogP contribution in [0.3, 0.4) is 0 Å². The first kappa shape index (κ1) is 20.6. The smallest absolute Gasteiger partial charge is 0.277 e. The number of hydrogen-bond donors (Lipinski definition) is 1. The summed E-state index contributed by atoms with van der Waals surface area (Å²) in [6.07, 6.45) is 0.864. The minimum absolute atomic E-state index is 0.124. The molecule has 160 valence electrons. The standard InChI is InChI=1S/C22H29N5O3/c1-16(2)15-26-18-6-3-4-7-19(18)27-20(22(26)29)14-17(24-27)21(28)23-8-5-9-25-10-12-30-13-11-25/h3-4,6-7,14,16H,5,8-13,15H2,1-2H3,(H,23,28). The molecule has 0 bridgehead atoms. The Morgan fingerprint density at radius 3 is 2.63 bits per heavy atom. The summed E-state index contributed by atoms with van der Waals surface area (Å²) in [4.78, 5) is 28.1. The molecule has 0 radical (unpaired) electrons. The summed E-state index contributed by atoms with van der Waals surface area (Å²) in [5, 5.41) is 7.39. The highest BCUT2D eigenvalue weighted by molar-refractivity contribution is 5.94. The van der Waals surface area contributed by atoms with Gasteiger partial charge < -0.3 is 14.6 Å². The van der Waals surface area contributed by atoms with Crippen molar-refractivity contribution in [3.8, 4) is 0 Å². The number of aromatic nitrogens is 3. The van der Waals surface area contributed by atoms with Crippen molar-refractivity contribution in [3.05, 3.63) is 46.4 Å². The van der Waals surface area contributed by atoms with E-state index in [4.69, 9.17) is 4.74 Å². The van der Waals surface area contributed by atoms with Gasteiger partial charge in [-0.2, -0.15) is 5.10 Å². The molecule has 0 aliphatic carbocycles. The monoisotopic (exact) mass is 411 g/mol. The van der Waals surface area contributed by atoms with Gasteiger partial charge in [0.25, 0.3) is 11.5 Å². The zero-order chi connectivity index (χ0) is 21.1. The second-order valence-electron chi connectivity index (χ2n) is 8.19. The number of carbonyl (C=O) groups is 1. The first-order valence-corrected chi connectivity index (χ1v) is 10.6. The Bertz CT molecular complexity index is 1100. The van der Waals surface area contributed by atoms with Crippen LogP contribution in [0.15, 0.2) is 35.1 Å². The van der Waals surface area contributed by atoms with E-state index in [1.807, 2.05) is 24.3 Å². The minimum Gasteiger partial charge on any atom is -0.379 e. The fourth-order valence-corrected chi connectivity index (χ4v) is 3.91. The number of nitrogens with zero attached hydrogens (tertiary/aromatic N) is 4. The number of fused-ring (bicyclic) bond motifs is 3. The van der Waals surface area contributed by atoms with E-state index in [1.165, 1.54) is 0 Å². The zero-order valence-corrected chi connectivity index (χ0v) is 17.6. The fourth-order valence-electron chi connectivity index (χ4n) is 3.91. The molecule has 1 amide bonds. The molecule has 8 heteroatoms. The van der Waals surface area contributed by atoms with E-state index in [1.54, 1.807) is 15.1 Å². The van der Waals surface area contributed by atoms with E-state index in [0.717, 1.165) is 50.3 Å². The van der Waals surface area contributed by atoms with Crippen LogP contribution in [0.5, 0.6) is 0 Å². The number of benzene rings is 1. The molecule has 3 heterocycles. The number of hydrogen-bond acceptors (Lipinski definition) is 5. The SMILES string of the molecule is CC(C)Cn1c(=O)c2cc(C(=O)NCCCN3CCOCC3)nn2c2ccccc21. The molecular weight excluding hydrogens is 382 g/mol. The van der Waals surface area contributed by atoms with Gasteiger partial charge in [-0.3, -0.25) is 14.5 Å². The van der Waals surface area contributed by atoms with E-state index in [-0.39, 0.29) is 17.2 Å². The van der Waals surface area contributed by atoms with Crippen molar-refractivity contribution in [2.24, 2.45) is 5.92 Å². The summed E-state index contributed by atoms with van der Waals surface area (Å²) in [5.41, 5.74) is 2.21. The first-order chi connectivity index (χ1) is 14.5. The van der Waals surface area contributed by atoms with Crippen LogP contribution in [0, 0.1) is 5.92 Å². The molecule has 1 aliphatic rings. The maximum Gasteiger partial charge on any atom is 0.277 e. The third-order valence-corrected chi connectivity index (χ3v) is 5.40. The van der Waals surface area contributed by atoms with Gasteiger partial charge >= 0.3 is 0 Å². The molecule has 30 heavy (non-hydrogen) atoms. The lowest BCUT2D eigenvalue weighted by atomic mass is 10.2. The summed E-state index contributed by atoms with van der Waals surface area (Å²) < 4.78 is 8.72. The Morgan fingerprint density at radius 2 is 1.90 bits per heavy atom. The van der Waals surface area contributed by atoms with Crippen molar-refractivity contribution in [3.63, 3.8) is 0 Å². The second-order valence-corrected chi connectivity index (χ2v) is 8.19. The normalized spacial score (nSPS) is 15.3. The molecule has 1 aliphatic heterocycles. The molecule has 3 aromatic rings. The van der Waals surface area contributed by atoms with E-state index >= 15 is 0 Å². The van der Waals surface area contributed by atoms with Crippen molar-refractivity contribution in [2.75, 3.05) is 39.4 Å². The van der Waals surface area contributed by atoms with E-state index < -0.39 is 0 Å². The Labute approximate surface area is 175 Å². The van der Waals surface area contributed by atoms with Crippen molar-refractivity contribution >= 4 is 22.5 Å². The number of amides is 1. The largest absolute Gasteiger partial charge is 0.379 e. The van der Waals surface area contributed by atoms with Crippen LogP contribution in [0.25, 0.3) is 16.6 Å². The van der Waals surface area contributed by atoms with Crippen LogP contribution in [-0.4, -0.2) is 64.4 Å². The van der Waals surface area contributed by atoms with Crippen molar-refractivity contribution in [1.82, 2.24) is 24.4 Å². The molecule has 0 saturated carbocycles. The molecule has 8 nitrogen and oxygen atoms in total. The number of para-hydroxylation sites is 2. The maximum absolute atomic E-state index is 13.1. The van der Waals surface area contributed by atoms with Gasteiger partial charge in [-0.05, 0) is 31.0 Å². The average Bonchev–Trinajstić information content (AvgIpc) is 3.21. The second kappa shape index (κ2) is 8.97. The van der Waals surface area contributed by atoms with Gasteiger partial charge in [-0.15, -0.1) is 0 Å². The fraction of sp³-hybridized carbons (Fsp3) is 0.500. The highest BCUT2D eigenvalue weighted by Crippen LogP contribution is 2.16. The summed E-state index contributed by atoms with van der Waals surface area (Å²) in [7, 11) is 0. The maximum atomic E-state index is 13.1.